The van der Waals surface area contributed by atoms with Gasteiger partial charge in [0.2, 0.25) is 0 Å². The van der Waals surface area contributed by atoms with Gasteiger partial charge in [0.25, 0.3) is 0 Å². The molecule has 0 N–H and O–H groups in total. The zero-order chi connectivity index (χ0) is 10.4. The van der Waals surface area contributed by atoms with Crippen molar-refractivity contribution in [2.24, 2.45) is 0 Å². The van der Waals surface area contributed by atoms with Crippen LogP contribution in [-0.2, 0) is 0 Å². The van der Waals surface area contributed by atoms with E-state index in [1.54, 1.807) is 0 Å². The van der Waals surface area contributed by atoms with Crippen molar-refractivity contribution in [3.05, 3.63) is 29.3 Å². The summed E-state index contributed by atoms with van der Waals surface area (Å²) in [5, 5.41) is 12.0. The highest BCUT2D eigenvalue weighted by Gasteiger charge is 1.98. The summed E-state index contributed by atoms with van der Waals surface area (Å²) in [5.41, 5.74) is 3.96. The van der Waals surface area contributed by atoms with Crippen LogP contribution in [0, 0.1) is 24.6 Å². The van der Waals surface area contributed by atoms with Gasteiger partial charge in [0.05, 0.1) is 0 Å². The fourth-order valence-corrected chi connectivity index (χ4v) is 1.20. The Morgan fingerprint density at radius 1 is 1.07 bits per heavy atom. The quantitative estimate of drug-likeness (QED) is 0.674. The van der Waals surface area contributed by atoms with Gasteiger partial charge in [-0.3, -0.25) is 0 Å². The third-order valence-electron chi connectivity index (χ3n) is 1.85. The first-order valence-electron chi connectivity index (χ1n) is 4.06. The molecule has 0 saturated heterocycles. The molecule has 0 aliphatic heterocycles. The summed E-state index contributed by atoms with van der Waals surface area (Å²) in [6.07, 6.45) is 0. The molecule has 78 valence electrons. The number of hydrogen-bond donors (Lipinski definition) is 0. The monoisotopic (exact) mass is 213 g/mol. The minimum absolute atomic E-state index is 0. The fraction of sp³-hybridized carbons (Fsp3) is 0.400. The molecule has 0 unspecified atom stereocenters. The Morgan fingerprint density at radius 3 is 1.93 bits per heavy atom. The molecule has 0 saturated carbocycles. The molecule has 4 heteroatoms. The Bertz CT molecular complexity index is 295. The van der Waals surface area contributed by atoms with Gasteiger partial charge < -0.3 is 4.90 Å². The third-order valence-corrected chi connectivity index (χ3v) is 1.85. The predicted molar refractivity (Wildman–Crippen MR) is 60.9 cm³/mol. The second-order valence-electron chi connectivity index (χ2n) is 3.18. The minimum Gasteiger partial charge on any atom is -0.377 e. The van der Waals surface area contributed by atoms with Gasteiger partial charge in [-0.05, 0) is 31.0 Å². The van der Waals surface area contributed by atoms with Crippen molar-refractivity contribution < 1.29 is 0 Å². The van der Waals surface area contributed by atoms with E-state index >= 15 is 0 Å². The summed E-state index contributed by atoms with van der Waals surface area (Å²) in [6, 6.07) is 6.50. The standard InChI is InChI=1S/C10H15N.ClH.N2/c1-8-5-6-9(2)10(7-8)11(3)4;;1-2/h5-7H,1-4H3;1H;. The van der Waals surface area contributed by atoms with Crippen LogP contribution in [0.4, 0.5) is 5.69 Å². The van der Waals surface area contributed by atoms with Crippen LogP contribution in [0.25, 0.3) is 0 Å². The summed E-state index contributed by atoms with van der Waals surface area (Å²) < 4.78 is 0. The van der Waals surface area contributed by atoms with Gasteiger partial charge in [-0.15, -0.1) is 12.4 Å². The molecule has 0 amide bonds. The molecule has 0 spiro atoms. The van der Waals surface area contributed by atoms with Gasteiger partial charge in [-0.25, -0.2) is 0 Å². The van der Waals surface area contributed by atoms with E-state index < -0.39 is 0 Å². The van der Waals surface area contributed by atoms with Crippen molar-refractivity contribution in [2.75, 3.05) is 19.0 Å². The molecule has 0 aliphatic rings. The number of nitrogens with zero attached hydrogens (tertiary/aromatic N) is 3. The van der Waals surface area contributed by atoms with Crippen LogP contribution >= 0.6 is 12.4 Å². The van der Waals surface area contributed by atoms with Crippen LogP contribution in [0.3, 0.4) is 0 Å². The van der Waals surface area contributed by atoms with E-state index in [1.165, 1.54) is 16.8 Å². The molecule has 0 atom stereocenters. The van der Waals surface area contributed by atoms with Crippen molar-refractivity contribution in [1.82, 2.24) is 0 Å². The highest BCUT2D eigenvalue weighted by atomic mass is 35.5. The van der Waals surface area contributed by atoms with Gasteiger partial charge in [-0.2, -0.15) is 0 Å². The lowest BCUT2D eigenvalue weighted by Crippen LogP contribution is -2.10. The van der Waals surface area contributed by atoms with Crippen LogP contribution < -0.4 is 4.90 Å². The highest BCUT2D eigenvalue weighted by Crippen LogP contribution is 2.18. The van der Waals surface area contributed by atoms with Crippen molar-refractivity contribution in [3.63, 3.8) is 0 Å². The molecule has 0 heterocycles. The van der Waals surface area contributed by atoms with E-state index in [0.29, 0.717) is 0 Å². The van der Waals surface area contributed by atoms with Gasteiger partial charge in [0, 0.05) is 30.6 Å². The van der Waals surface area contributed by atoms with Gasteiger partial charge in [0.15, 0.2) is 0 Å². The number of halogens is 1. The van der Waals surface area contributed by atoms with Crippen molar-refractivity contribution in [3.8, 4) is 0 Å². The smallest absolute Gasteiger partial charge is 0.0393 e. The van der Waals surface area contributed by atoms with E-state index in [9.17, 15) is 0 Å². The van der Waals surface area contributed by atoms with Crippen LogP contribution in [0.5, 0.6) is 0 Å². The zero-order valence-electron chi connectivity index (χ0n) is 8.98. The number of anilines is 1. The van der Waals surface area contributed by atoms with Gasteiger partial charge in [0.1, 0.15) is 0 Å². The average Bonchev–Trinajstić information content (AvgIpc) is 2.12. The molecule has 14 heavy (non-hydrogen) atoms. The first-order valence-corrected chi connectivity index (χ1v) is 4.06. The Labute approximate surface area is 91.6 Å². The third kappa shape index (κ3) is 4.11. The molecule has 0 aliphatic carbocycles. The molecule has 0 bridgehead atoms. The van der Waals surface area contributed by atoms with E-state index in [0.717, 1.165) is 0 Å². The first kappa shape index (κ1) is 15.2. The molecule has 1 aromatic rings. The molecule has 0 radical (unpaired) electrons. The lowest BCUT2D eigenvalue weighted by atomic mass is 10.1. The Hall–Kier alpha value is -1.27. The maximum absolute atomic E-state index is 6.00. The predicted octanol–water partition coefficient (Wildman–Crippen LogP) is 2.82. The van der Waals surface area contributed by atoms with Gasteiger partial charge >= 0.3 is 0 Å². The number of rotatable bonds is 1. The number of aryl methyl sites for hydroxylation is 2. The van der Waals surface area contributed by atoms with Crippen molar-refractivity contribution in [2.45, 2.75) is 13.8 Å². The molecule has 3 nitrogen and oxygen atoms in total. The largest absolute Gasteiger partial charge is 0.377 e. The zero-order valence-corrected chi connectivity index (χ0v) is 9.80. The second-order valence-corrected chi connectivity index (χ2v) is 3.18. The minimum atomic E-state index is 0. The lowest BCUT2D eigenvalue weighted by molar-refractivity contribution is 1.11. The maximum Gasteiger partial charge on any atom is 0.0393 e. The summed E-state index contributed by atoms with van der Waals surface area (Å²) >= 11 is 0. The topological polar surface area (TPSA) is 50.8 Å². The summed E-state index contributed by atoms with van der Waals surface area (Å²) in [6.45, 7) is 4.25. The maximum atomic E-state index is 6.00. The number of hydrogen-bond acceptors (Lipinski definition) is 3. The Balaban J connectivity index is 0. The average molecular weight is 214 g/mol. The van der Waals surface area contributed by atoms with E-state index in [-0.39, 0.29) is 12.4 Å². The highest BCUT2D eigenvalue weighted by molar-refractivity contribution is 5.85. The number of benzene rings is 1. The second kappa shape index (κ2) is 7.16. The summed E-state index contributed by atoms with van der Waals surface area (Å²) in [4.78, 5) is 2.14. The molecule has 1 rings (SSSR count). The molecular weight excluding hydrogens is 198 g/mol. The molecular formula is C10H16ClN3. The van der Waals surface area contributed by atoms with Crippen LogP contribution in [-0.4, -0.2) is 14.1 Å². The van der Waals surface area contributed by atoms with E-state index in [1.807, 2.05) is 0 Å². The summed E-state index contributed by atoms with van der Waals surface area (Å²) in [5.74, 6) is 0. The Kier molecular flexibility index (Phi) is 7.78. The normalized spacial score (nSPS) is 7.86. The van der Waals surface area contributed by atoms with Crippen molar-refractivity contribution >= 4 is 18.1 Å². The fourth-order valence-electron chi connectivity index (χ4n) is 1.20. The summed E-state index contributed by atoms with van der Waals surface area (Å²) in [7, 11) is 4.14. The van der Waals surface area contributed by atoms with Crippen LogP contribution in [0.1, 0.15) is 11.1 Å². The van der Waals surface area contributed by atoms with Crippen molar-refractivity contribution in [1.29, 1.82) is 10.8 Å². The molecule has 0 fully saturated rings. The molecule has 0 aromatic heterocycles. The Morgan fingerprint density at radius 2 is 1.57 bits per heavy atom. The van der Waals surface area contributed by atoms with E-state index in [4.69, 9.17) is 10.8 Å². The lowest BCUT2D eigenvalue weighted by Gasteiger charge is -2.15. The SMILES string of the molecule is Cc1ccc(C)c(N(C)C)c1.Cl.N#N. The first-order chi connectivity index (χ1) is 6.11. The van der Waals surface area contributed by atoms with Crippen LogP contribution in [0.15, 0.2) is 18.2 Å². The molecule has 1 aromatic carbocycles. The van der Waals surface area contributed by atoms with Crippen LogP contribution in [0.2, 0.25) is 0 Å². The van der Waals surface area contributed by atoms with Gasteiger partial charge in [-0.1, -0.05) is 12.1 Å². The van der Waals surface area contributed by atoms with E-state index in [2.05, 4.69) is 51.0 Å².